The second-order valence-electron chi connectivity index (χ2n) is 5.33. The molecule has 2 unspecified atom stereocenters. The normalized spacial score (nSPS) is 21.9. The topological polar surface area (TPSA) is 24.1 Å². The molecule has 0 bridgehead atoms. The zero-order valence-electron chi connectivity index (χ0n) is 10.9. The predicted octanol–water partition coefficient (Wildman–Crippen LogP) is 2.73. The van der Waals surface area contributed by atoms with Crippen molar-refractivity contribution in [2.24, 2.45) is 5.92 Å². The highest BCUT2D eigenvalue weighted by molar-refractivity contribution is 5.19. The van der Waals surface area contributed by atoms with Crippen molar-refractivity contribution in [3.05, 3.63) is 35.9 Å². The molecular formula is C15H24N2. The summed E-state index contributed by atoms with van der Waals surface area (Å²) in [4.78, 5) is 0. The van der Waals surface area contributed by atoms with Crippen LogP contribution in [0.4, 0.5) is 0 Å². The van der Waals surface area contributed by atoms with E-state index in [1.54, 1.807) is 0 Å². The van der Waals surface area contributed by atoms with Crippen LogP contribution >= 0.6 is 0 Å². The van der Waals surface area contributed by atoms with Crippen molar-refractivity contribution in [3.63, 3.8) is 0 Å². The quantitative estimate of drug-likeness (QED) is 0.815. The Morgan fingerprint density at radius 2 is 2.06 bits per heavy atom. The van der Waals surface area contributed by atoms with Gasteiger partial charge in [-0.15, -0.1) is 0 Å². The maximum atomic E-state index is 3.71. The van der Waals surface area contributed by atoms with E-state index >= 15 is 0 Å². The van der Waals surface area contributed by atoms with E-state index in [4.69, 9.17) is 0 Å². The Balaban J connectivity index is 1.93. The van der Waals surface area contributed by atoms with Crippen LogP contribution in [0.25, 0.3) is 0 Å². The molecule has 0 amide bonds. The number of nitrogens with one attached hydrogen (secondary N) is 2. The molecule has 2 atom stereocenters. The fraction of sp³-hybridized carbons (Fsp3) is 0.600. The van der Waals surface area contributed by atoms with Gasteiger partial charge in [0.2, 0.25) is 0 Å². The minimum absolute atomic E-state index is 0.471. The van der Waals surface area contributed by atoms with Crippen LogP contribution in [-0.4, -0.2) is 19.1 Å². The molecule has 1 aliphatic heterocycles. The van der Waals surface area contributed by atoms with E-state index < -0.39 is 0 Å². The number of hydrogen-bond donors (Lipinski definition) is 2. The molecule has 0 aliphatic carbocycles. The predicted molar refractivity (Wildman–Crippen MR) is 73.0 cm³/mol. The molecule has 94 valence electrons. The van der Waals surface area contributed by atoms with Crippen LogP contribution in [-0.2, 0) is 0 Å². The van der Waals surface area contributed by atoms with Gasteiger partial charge in [0.15, 0.2) is 0 Å². The summed E-state index contributed by atoms with van der Waals surface area (Å²) in [7, 11) is 0. The molecule has 2 rings (SSSR count). The highest BCUT2D eigenvalue weighted by Gasteiger charge is 2.19. The Labute approximate surface area is 105 Å². The SMILES string of the molecule is CC(C)C(NCC1CCCN1)c1ccccc1. The van der Waals surface area contributed by atoms with Gasteiger partial charge in [-0.05, 0) is 30.9 Å². The van der Waals surface area contributed by atoms with E-state index in [2.05, 4.69) is 54.8 Å². The summed E-state index contributed by atoms with van der Waals surface area (Å²) < 4.78 is 0. The smallest absolute Gasteiger partial charge is 0.0344 e. The molecule has 2 nitrogen and oxygen atoms in total. The molecule has 1 aromatic carbocycles. The van der Waals surface area contributed by atoms with E-state index in [9.17, 15) is 0 Å². The molecular weight excluding hydrogens is 208 g/mol. The van der Waals surface area contributed by atoms with Gasteiger partial charge in [0.25, 0.3) is 0 Å². The molecule has 1 aliphatic rings. The Morgan fingerprint density at radius 3 is 2.65 bits per heavy atom. The van der Waals surface area contributed by atoms with Crippen molar-refractivity contribution in [1.82, 2.24) is 10.6 Å². The maximum absolute atomic E-state index is 3.71. The van der Waals surface area contributed by atoms with Crippen molar-refractivity contribution >= 4 is 0 Å². The van der Waals surface area contributed by atoms with Crippen LogP contribution < -0.4 is 10.6 Å². The molecule has 1 heterocycles. The van der Waals surface area contributed by atoms with E-state index in [0.29, 0.717) is 18.0 Å². The Hall–Kier alpha value is -0.860. The number of benzene rings is 1. The Morgan fingerprint density at radius 1 is 1.29 bits per heavy atom. The van der Waals surface area contributed by atoms with Gasteiger partial charge in [-0.2, -0.15) is 0 Å². The van der Waals surface area contributed by atoms with Crippen molar-refractivity contribution in [3.8, 4) is 0 Å². The van der Waals surface area contributed by atoms with Crippen molar-refractivity contribution < 1.29 is 0 Å². The first-order valence-corrected chi connectivity index (χ1v) is 6.79. The summed E-state index contributed by atoms with van der Waals surface area (Å²) in [6.45, 7) is 6.83. The largest absolute Gasteiger partial charge is 0.313 e. The van der Waals surface area contributed by atoms with E-state index in [1.807, 2.05) is 0 Å². The minimum atomic E-state index is 0.471. The van der Waals surface area contributed by atoms with Crippen LogP contribution in [0.5, 0.6) is 0 Å². The lowest BCUT2D eigenvalue weighted by molar-refractivity contribution is 0.388. The van der Waals surface area contributed by atoms with Crippen molar-refractivity contribution in [2.45, 2.75) is 38.8 Å². The number of hydrogen-bond acceptors (Lipinski definition) is 2. The van der Waals surface area contributed by atoms with Gasteiger partial charge in [0.05, 0.1) is 0 Å². The van der Waals surface area contributed by atoms with Gasteiger partial charge in [-0.1, -0.05) is 44.2 Å². The first-order chi connectivity index (χ1) is 8.27. The van der Waals surface area contributed by atoms with Crippen LogP contribution in [0.2, 0.25) is 0 Å². The summed E-state index contributed by atoms with van der Waals surface area (Å²) in [6, 6.07) is 11.9. The molecule has 17 heavy (non-hydrogen) atoms. The Bertz CT molecular complexity index is 315. The van der Waals surface area contributed by atoms with Crippen molar-refractivity contribution in [2.75, 3.05) is 13.1 Å². The maximum Gasteiger partial charge on any atom is 0.0344 e. The second kappa shape index (κ2) is 6.18. The molecule has 0 saturated carbocycles. The fourth-order valence-electron chi connectivity index (χ4n) is 2.60. The second-order valence-corrected chi connectivity index (χ2v) is 5.33. The minimum Gasteiger partial charge on any atom is -0.313 e. The molecule has 2 N–H and O–H groups in total. The highest BCUT2D eigenvalue weighted by Crippen LogP contribution is 2.21. The van der Waals surface area contributed by atoms with Gasteiger partial charge in [0, 0.05) is 18.6 Å². The standard InChI is InChI=1S/C15H24N2/c1-12(2)15(13-7-4-3-5-8-13)17-11-14-9-6-10-16-14/h3-5,7-8,12,14-17H,6,9-11H2,1-2H3. The monoisotopic (exact) mass is 232 g/mol. The fourth-order valence-corrected chi connectivity index (χ4v) is 2.60. The average Bonchev–Trinajstić information content (AvgIpc) is 2.83. The summed E-state index contributed by atoms with van der Waals surface area (Å²) in [5.74, 6) is 0.624. The summed E-state index contributed by atoms with van der Waals surface area (Å²) in [5, 5.41) is 7.25. The molecule has 0 radical (unpaired) electrons. The third-order valence-corrected chi connectivity index (χ3v) is 3.57. The van der Waals surface area contributed by atoms with E-state index in [1.165, 1.54) is 24.9 Å². The van der Waals surface area contributed by atoms with Crippen LogP contribution in [0, 0.1) is 5.92 Å². The Kier molecular flexibility index (Phi) is 4.57. The van der Waals surface area contributed by atoms with Crippen LogP contribution in [0.3, 0.4) is 0 Å². The third-order valence-electron chi connectivity index (χ3n) is 3.57. The zero-order valence-corrected chi connectivity index (χ0v) is 10.9. The molecule has 2 heteroatoms. The summed E-state index contributed by atoms with van der Waals surface area (Å²) in [5.41, 5.74) is 1.40. The zero-order chi connectivity index (χ0) is 12.1. The molecule has 0 spiro atoms. The molecule has 1 fully saturated rings. The van der Waals surface area contributed by atoms with E-state index in [-0.39, 0.29) is 0 Å². The van der Waals surface area contributed by atoms with Gasteiger partial charge >= 0.3 is 0 Å². The lowest BCUT2D eigenvalue weighted by Gasteiger charge is -2.25. The molecule has 1 aromatic rings. The van der Waals surface area contributed by atoms with Crippen molar-refractivity contribution in [1.29, 1.82) is 0 Å². The van der Waals surface area contributed by atoms with Gasteiger partial charge < -0.3 is 10.6 Å². The summed E-state index contributed by atoms with van der Waals surface area (Å²) in [6.07, 6.45) is 2.64. The van der Waals surface area contributed by atoms with Gasteiger partial charge in [-0.3, -0.25) is 0 Å². The van der Waals surface area contributed by atoms with Gasteiger partial charge in [0.1, 0.15) is 0 Å². The lowest BCUT2D eigenvalue weighted by Crippen LogP contribution is -2.37. The average molecular weight is 232 g/mol. The van der Waals surface area contributed by atoms with Crippen LogP contribution in [0.15, 0.2) is 30.3 Å². The number of rotatable bonds is 5. The first-order valence-electron chi connectivity index (χ1n) is 6.79. The lowest BCUT2D eigenvalue weighted by atomic mass is 9.96. The molecule has 1 saturated heterocycles. The molecule has 0 aromatic heterocycles. The van der Waals surface area contributed by atoms with Gasteiger partial charge in [-0.25, -0.2) is 0 Å². The van der Waals surface area contributed by atoms with E-state index in [0.717, 1.165) is 6.54 Å². The first kappa shape index (κ1) is 12.6. The third kappa shape index (κ3) is 3.55. The summed E-state index contributed by atoms with van der Waals surface area (Å²) >= 11 is 0. The van der Waals surface area contributed by atoms with Crippen LogP contribution in [0.1, 0.15) is 38.3 Å². The highest BCUT2D eigenvalue weighted by atomic mass is 15.0.